The van der Waals surface area contributed by atoms with Gasteiger partial charge in [0.1, 0.15) is 24.6 Å². The van der Waals surface area contributed by atoms with E-state index in [0.29, 0.717) is 36.7 Å². The van der Waals surface area contributed by atoms with Crippen molar-refractivity contribution in [2.24, 2.45) is 5.92 Å². The van der Waals surface area contributed by atoms with Crippen molar-refractivity contribution in [3.8, 4) is 5.75 Å². The molecule has 0 radical (unpaired) electrons. The fraction of sp³-hybridized carbons (Fsp3) is 0.375. The molecule has 40 heavy (non-hydrogen) atoms. The van der Waals surface area contributed by atoms with E-state index >= 15 is 0 Å². The van der Waals surface area contributed by atoms with Crippen molar-refractivity contribution in [3.05, 3.63) is 89.4 Å². The van der Waals surface area contributed by atoms with Crippen molar-refractivity contribution < 1.29 is 19.4 Å². The van der Waals surface area contributed by atoms with Gasteiger partial charge >= 0.3 is 0 Å². The highest BCUT2D eigenvalue weighted by atomic mass is 16.5. The number of fused-ring (bicyclic) bond motifs is 1. The molecule has 0 saturated carbocycles. The molecule has 3 heterocycles. The van der Waals surface area contributed by atoms with Gasteiger partial charge in [0.05, 0.1) is 11.1 Å². The van der Waals surface area contributed by atoms with E-state index in [-0.39, 0.29) is 30.6 Å². The molecule has 8 nitrogen and oxygen atoms in total. The van der Waals surface area contributed by atoms with Crippen molar-refractivity contribution in [1.29, 1.82) is 0 Å². The summed E-state index contributed by atoms with van der Waals surface area (Å²) >= 11 is 0. The average molecular weight is 541 g/mol. The maximum absolute atomic E-state index is 13.1. The van der Waals surface area contributed by atoms with E-state index in [0.717, 1.165) is 35.0 Å². The minimum atomic E-state index is -0.733. The number of nitrogens with zero attached hydrogens (tertiary/aromatic N) is 4. The van der Waals surface area contributed by atoms with Crippen LogP contribution < -0.4 is 4.74 Å². The van der Waals surface area contributed by atoms with Gasteiger partial charge in [0.25, 0.3) is 0 Å². The molecule has 0 aliphatic carbocycles. The number of ketones is 1. The van der Waals surface area contributed by atoms with Crippen LogP contribution in [0.4, 0.5) is 0 Å². The smallest absolute Gasteiger partial charge is 0.244 e. The van der Waals surface area contributed by atoms with E-state index in [4.69, 9.17) is 4.74 Å². The van der Waals surface area contributed by atoms with Gasteiger partial charge in [-0.15, -0.1) is 0 Å². The number of rotatable bonds is 9. The highest BCUT2D eigenvalue weighted by Gasteiger charge is 2.32. The Morgan fingerprint density at radius 3 is 2.50 bits per heavy atom. The zero-order valence-corrected chi connectivity index (χ0v) is 23.3. The predicted molar refractivity (Wildman–Crippen MR) is 153 cm³/mol. The molecule has 2 aromatic carbocycles. The lowest BCUT2D eigenvalue weighted by atomic mass is 9.83. The normalized spacial score (nSPS) is 14.4. The summed E-state index contributed by atoms with van der Waals surface area (Å²) < 4.78 is 7.85. The zero-order chi connectivity index (χ0) is 28.3. The van der Waals surface area contributed by atoms with Crippen LogP contribution in [0.25, 0.3) is 10.9 Å². The third-order valence-electron chi connectivity index (χ3n) is 7.64. The lowest BCUT2D eigenvalue weighted by Gasteiger charge is -2.37. The van der Waals surface area contributed by atoms with Crippen molar-refractivity contribution in [3.63, 3.8) is 0 Å². The Morgan fingerprint density at radius 2 is 1.80 bits per heavy atom. The van der Waals surface area contributed by atoms with Crippen LogP contribution in [0.5, 0.6) is 5.75 Å². The number of aromatic nitrogens is 3. The standard InChI is InChI=1S/C32H36N4O4/c1-22-8-7-11-27(33-22)29(37)17-24-16-25-19-36(20-31(38)35-14-12-26(13-15-35)32(2,3)39)34-28(25)18-30(24)40-21-23-9-5-4-6-10-23/h4-11,16,18-19,26,39H,12-15,17,20-21H2,1-3H3. The number of pyridine rings is 1. The van der Waals surface area contributed by atoms with Gasteiger partial charge in [0, 0.05) is 48.4 Å². The van der Waals surface area contributed by atoms with E-state index in [9.17, 15) is 14.7 Å². The number of ether oxygens (including phenoxy) is 1. The number of carbonyl (C=O) groups is 2. The maximum Gasteiger partial charge on any atom is 0.244 e. The van der Waals surface area contributed by atoms with E-state index in [1.807, 2.05) is 86.5 Å². The fourth-order valence-electron chi connectivity index (χ4n) is 5.28. The summed E-state index contributed by atoms with van der Waals surface area (Å²) in [6, 6.07) is 19.1. The van der Waals surface area contributed by atoms with Crippen LogP contribution in [0, 0.1) is 12.8 Å². The van der Waals surface area contributed by atoms with Crippen molar-refractivity contribution in [2.45, 2.75) is 58.8 Å². The number of benzene rings is 2. The summed E-state index contributed by atoms with van der Waals surface area (Å²) in [4.78, 5) is 32.4. The van der Waals surface area contributed by atoms with Gasteiger partial charge in [-0.25, -0.2) is 0 Å². The minimum absolute atomic E-state index is 0.00322. The number of hydrogen-bond acceptors (Lipinski definition) is 6. The lowest BCUT2D eigenvalue weighted by Crippen LogP contribution is -2.45. The molecular formula is C32H36N4O4. The molecule has 0 atom stereocenters. The Morgan fingerprint density at radius 1 is 1.05 bits per heavy atom. The van der Waals surface area contributed by atoms with E-state index < -0.39 is 5.60 Å². The quantitative estimate of drug-likeness (QED) is 0.308. The van der Waals surface area contributed by atoms with Crippen LogP contribution in [0.2, 0.25) is 0 Å². The van der Waals surface area contributed by atoms with Crippen molar-refractivity contribution in [2.75, 3.05) is 13.1 Å². The molecule has 2 aromatic heterocycles. The van der Waals surface area contributed by atoms with Gasteiger partial charge < -0.3 is 14.7 Å². The first-order valence-electron chi connectivity index (χ1n) is 13.8. The molecule has 0 bridgehead atoms. The second kappa shape index (κ2) is 11.6. The molecule has 4 aromatic rings. The first-order chi connectivity index (χ1) is 19.2. The molecule has 1 fully saturated rings. The number of likely N-dealkylation sites (tertiary alicyclic amines) is 1. The molecule has 0 spiro atoms. The number of Topliss-reactive ketones (excluding diaryl/α,β-unsaturated/α-hetero) is 1. The summed E-state index contributed by atoms with van der Waals surface area (Å²) in [5, 5.41) is 15.8. The van der Waals surface area contributed by atoms with Crippen LogP contribution in [0.3, 0.4) is 0 Å². The summed E-state index contributed by atoms with van der Waals surface area (Å²) in [6.45, 7) is 7.28. The second-order valence-electron chi connectivity index (χ2n) is 11.2. The second-order valence-corrected chi connectivity index (χ2v) is 11.2. The topological polar surface area (TPSA) is 97.6 Å². The van der Waals surface area contributed by atoms with Crippen LogP contribution in [0.1, 0.15) is 54.0 Å². The Balaban J connectivity index is 1.36. The first-order valence-corrected chi connectivity index (χ1v) is 13.8. The van der Waals surface area contributed by atoms with Crippen LogP contribution in [-0.4, -0.2) is 55.2 Å². The predicted octanol–water partition coefficient (Wildman–Crippen LogP) is 4.75. The van der Waals surface area contributed by atoms with Gasteiger partial charge in [-0.3, -0.25) is 19.3 Å². The maximum atomic E-state index is 13.1. The summed E-state index contributed by atoms with van der Waals surface area (Å²) in [6.07, 6.45) is 3.55. The summed E-state index contributed by atoms with van der Waals surface area (Å²) in [7, 11) is 0. The fourth-order valence-corrected chi connectivity index (χ4v) is 5.28. The van der Waals surface area contributed by atoms with Crippen molar-refractivity contribution >= 4 is 22.6 Å². The number of piperidine rings is 1. The first kappa shape index (κ1) is 27.5. The molecule has 8 heteroatoms. The molecule has 5 rings (SSSR count). The Labute approximate surface area is 234 Å². The molecule has 1 N–H and O–H groups in total. The zero-order valence-electron chi connectivity index (χ0n) is 23.3. The number of aryl methyl sites for hydroxylation is 1. The summed E-state index contributed by atoms with van der Waals surface area (Å²) in [5.74, 6) is 0.685. The van der Waals surface area contributed by atoms with Crippen LogP contribution in [0.15, 0.2) is 66.9 Å². The Kier molecular flexibility index (Phi) is 7.98. The van der Waals surface area contributed by atoms with Gasteiger partial charge in [0.15, 0.2) is 5.78 Å². The van der Waals surface area contributed by atoms with E-state index in [1.165, 1.54) is 0 Å². The van der Waals surface area contributed by atoms with Gasteiger partial charge in [-0.1, -0.05) is 36.4 Å². The highest BCUT2D eigenvalue weighted by molar-refractivity contribution is 5.97. The number of carbonyl (C=O) groups excluding carboxylic acids is 2. The van der Waals surface area contributed by atoms with Gasteiger partial charge in [-0.05, 0) is 63.3 Å². The Bertz CT molecular complexity index is 1500. The van der Waals surface area contributed by atoms with E-state index in [1.54, 1.807) is 10.7 Å². The van der Waals surface area contributed by atoms with Gasteiger partial charge in [0.2, 0.25) is 5.91 Å². The largest absolute Gasteiger partial charge is 0.489 e. The lowest BCUT2D eigenvalue weighted by molar-refractivity contribution is -0.134. The Hall–Kier alpha value is -4.04. The molecule has 1 saturated heterocycles. The molecule has 208 valence electrons. The van der Waals surface area contributed by atoms with E-state index in [2.05, 4.69) is 10.1 Å². The van der Waals surface area contributed by atoms with Crippen LogP contribution >= 0.6 is 0 Å². The minimum Gasteiger partial charge on any atom is -0.489 e. The highest BCUT2D eigenvalue weighted by Crippen LogP contribution is 2.29. The number of hydrogen-bond donors (Lipinski definition) is 1. The molecule has 1 aliphatic heterocycles. The third-order valence-corrected chi connectivity index (χ3v) is 7.64. The van der Waals surface area contributed by atoms with Gasteiger partial charge in [-0.2, -0.15) is 5.10 Å². The molecule has 0 unspecified atom stereocenters. The summed E-state index contributed by atoms with van der Waals surface area (Å²) in [5.41, 5.74) is 2.94. The molecule has 1 amide bonds. The number of aliphatic hydroxyl groups is 1. The SMILES string of the molecule is Cc1cccc(C(=O)Cc2cc3cn(CC(=O)N4CCC(C(C)(C)O)CC4)nc3cc2OCc2ccccc2)n1. The molecule has 1 aliphatic rings. The van der Waals surface area contributed by atoms with Crippen LogP contribution in [-0.2, 0) is 24.4 Å². The van der Waals surface area contributed by atoms with Crippen molar-refractivity contribution in [1.82, 2.24) is 19.7 Å². The third kappa shape index (κ3) is 6.57. The average Bonchev–Trinajstić information content (AvgIpc) is 3.32. The monoisotopic (exact) mass is 540 g/mol. The number of amides is 1. The molecular weight excluding hydrogens is 504 g/mol.